The Morgan fingerprint density at radius 1 is 1.16 bits per heavy atom. The van der Waals surface area contributed by atoms with E-state index < -0.39 is 41.7 Å². The molecule has 0 saturated carbocycles. The number of carbonyl (C=O) groups is 2. The first-order chi connectivity index (χ1) is 17.6. The highest BCUT2D eigenvalue weighted by Crippen LogP contribution is 2.44. The van der Waals surface area contributed by atoms with Gasteiger partial charge in [0.05, 0.1) is 18.2 Å². The van der Waals surface area contributed by atoms with Gasteiger partial charge in [0, 0.05) is 6.54 Å². The highest BCUT2D eigenvalue weighted by Gasteiger charge is 2.75. The Balaban J connectivity index is 1.47. The van der Waals surface area contributed by atoms with Crippen molar-refractivity contribution in [2.24, 2.45) is 0 Å². The molecular weight excluding hydrogens is 482 g/mol. The molecule has 8 N–H and O–H groups in total. The first-order valence-electron chi connectivity index (χ1n) is 12.5. The molecule has 1 aromatic carbocycles. The van der Waals surface area contributed by atoms with Gasteiger partial charge in [0.15, 0.2) is 23.7 Å². The molecule has 1 unspecified atom stereocenters. The van der Waals surface area contributed by atoms with Crippen molar-refractivity contribution in [1.82, 2.24) is 26.2 Å². The SMILES string of the molecule is CCCCCCNC(=O)OC[C@@H]1NC(=N)N2C[C@H](OC(=O)c3ccc(C)cc3)C(O)(O)C23NC(=N)N[C@@H]13. The number of unbranched alkanes of at least 4 members (excludes halogenated alkanes) is 3. The van der Waals surface area contributed by atoms with Gasteiger partial charge in [-0.15, -0.1) is 0 Å². The normalized spacial score (nSPS) is 27.4. The monoisotopic (exact) mass is 517 g/mol. The lowest BCUT2D eigenvalue weighted by Crippen LogP contribution is -2.81. The number of ether oxygens (including phenoxy) is 2. The number of aliphatic hydroxyl groups is 2. The van der Waals surface area contributed by atoms with Crippen LogP contribution in [0, 0.1) is 17.7 Å². The lowest BCUT2D eigenvalue weighted by molar-refractivity contribution is -0.258. The third kappa shape index (κ3) is 4.88. The van der Waals surface area contributed by atoms with E-state index in [9.17, 15) is 19.8 Å². The van der Waals surface area contributed by atoms with E-state index >= 15 is 0 Å². The molecule has 13 nitrogen and oxygen atoms in total. The van der Waals surface area contributed by atoms with Gasteiger partial charge in [0.25, 0.3) is 0 Å². The average Bonchev–Trinajstić information content (AvgIpc) is 3.32. The molecule has 202 valence electrons. The van der Waals surface area contributed by atoms with Crippen LogP contribution in [-0.2, 0) is 9.47 Å². The van der Waals surface area contributed by atoms with Gasteiger partial charge in [-0.2, -0.15) is 0 Å². The zero-order valence-corrected chi connectivity index (χ0v) is 21.0. The maximum atomic E-state index is 12.8. The van der Waals surface area contributed by atoms with Gasteiger partial charge >= 0.3 is 12.1 Å². The third-order valence-electron chi connectivity index (χ3n) is 7.07. The summed E-state index contributed by atoms with van der Waals surface area (Å²) in [5.41, 5.74) is -0.631. The zero-order chi connectivity index (χ0) is 26.8. The summed E-state index contributed by atoms with van der Waals surface area (Å²) in [6.45, 7) is 4.02. The lowest BCUT2D eigenvalue weighted by atomic mass is 9.85. The fourth-order valence-electron chi connectivity index (χ4n) is 5.10. The maximum Gasteiger partial charge on any atom is 0.407 e. The van der Waals surface area contributed by atoms with Crippen LogP contribution in [0.3, 0.4) is 0 Å². The van der Waals surface area contributed by atoms with Gasteiger partial charge in [0.2, 0.25) is 5.79 Å². The van der Waals surface area contributed by atoms with Gasteiger partial charge in [-0.1, -0.05) is 43.9 Å². The predicted octanol–water partition coefficient (Wildman–Crippen LogP) is -0.0775. The lowest BCUT2D eigenvalue weighted by Gasteiger charge is -2.50. The van der Waals surface area contributed by atoms with Crippen molar-refractivity contribution in [3.63, 3.8) is 0 Å². The first-order valence-corrected chi connectivity index (χ1v) is 12.5. The minimum atomic E-state index is -2.71. The number of nitrogens with zero attached hydrogens (tertiary/aromatic N) is 1. The number of carbonyl (C=O) groups excluding carboxylic acids is 2. The number of alkyl carbamates (subject to hydrolysis) is 1. The van der Waals surface area contributed by atoms with Crippen LogP contribution < -0.4 is 21.3 Å². The van der Waals surface area contributed by atoms with Crippen LogP contribution in [0.2, 0.25) is 0 Å². The van der Waals surface area contributed by atoms with E-state index in [2.05, 4.69) is 28.2 Å². The summed E-state index contributed by atoms with van der Waals surface area (Å²) in [5, 5.41) is 50.6. The number of hydrogen-bond acceptors (Lipinski definition) is 8. The fraction of sp³-hybridized carbons (Fsp3) is 0.583. The molecule has 3 fully saturated rings. The standard InChI is InChI=1S/C24H35N7O6/c1-3-4-5-6-11-27-22(33)36-13-16-18-23(30-20(25)29-18)24(34,35)17(12-31(23)21(26)28-16)37-19(32)15-9-7-14(2)8-10-15/h7-10,16-18,34-35H,3-6,11-13H2,1-2H3,(H2,26,28)(H,27,33)(H3,25,29,30)/t16-,17-,18-,23?/m0/s1. The number of amides is 1. The molecule has 3 aliphatic rings. The van der Waals surface area contributed by atoms with Crippen molar-refractivity contribution in [3.05, 3.63) is 35.4 Å². The van der Waals surface area contributed by atoms with E-state index in [0.717, 1.165) is 31.2 Å². The Kier molecular flexibility index (Phi) is 7.46. The van der Waals surface area contributed by atoms with Crippen LogP contribution in [0.4, 0.5) is 4.79 Å². The van der Waals surface area contributed by atoms with Crippen molar-refractivity contribution in [2.45, 2.75) is 69.2 Å². The fourth-order valence-corrected chi connectivity index (χ4v) is 5.10. The van der Waals surface area contributed by atoms with Crippen LogP contribution in [0.25, 0.3) is 0 Å². The Morgan fingerprint density at radius 2 is 1.89 bits per heavy atom. The third-order valence-corrected chi connectivity index (χ3v) is 7.07. The van der Waals surface area contributed by atoms with Gasteiger partial charge < -0.3 is 45.9 Å². The first kappa shape index (κ1) is 26.5. The largest absolute Gasteiger partial charge is 0.451 e. The highest BCUT2D eigenvalue weighted by molar-refractivity contribution is 5.90. The van der Waals surface area contributed by atoms with E-state index in [4.69, 9.17) is 20.3 Å². The number of hydrogen-bond donors (Lipinski definition) is 8. The Hall–Kier alpha value is -3.58. The summed E-state index contributed by atoms with van der Waals surface area (Å²) in [4.78, 5) is 26.2. The minimum absolute atomic E-state index is 0.199. The number of esters is 1. The van der Waals surface area contributed by atoms with Crippen molar-refractivity contribution >= 4 is 24.0 Å². The van der Waals surface area contributed by atoms with E-state index in [-0.39, 0.29) is 30.6 Å². The highest BCUT2D eigenvalue weighted by atomic mass is 16.6. The number of benzene rings is 1. The van der Waals surface area contributed by atoms with Crippen LogP contribution >= 0.6 is 0 Å². The molecular formula is C24H35N7O6. The molecule has 4 rings (SSSR count). The van der Waals surface area contributed by atoms with Crippen LogP contribution in [0.5, 0.6) is 0 Å². The van der Waals surface area contributed by atoms with Crippen LogP contribution in [-0.4, -0.2) is 88.4 Å². The molecule has 1 amide bonds. The number of aryl methyl sites for hydroxylation is 1. The number of rotatable bonds is 9. The van der Waals surface area contributed by atoms with Gasteiger partial charge in [0.1, 0.15) is 12.6 Å². The second-order valence-electron chi connectivity index (χ2n) is 9.67. The molecule has 37 heavy (non-hydrogen) atoms. The number of nitrogens with one attached hydrogen (secondary N) is 6. The quantitative estimate of drug-likeness (QED) is 0.125. The summed E-state index contributed by atoms with van der Waals surface area (Å²) in [6.07, 6.45) is 1.93. The molecule has 13 heteroatoms. The molecule has 0 bridgehead atoms. The van der Waals surface area contributed by atoms with E-state index in [1.165, 1.54) is 4.90 Å². The average molecular weight is 518 g/mol. The molecule has 0 aliphatic carbocycles. The Bertz CT molecular complexity index is 1050. The van der Waals surface area contributed by atoms with E-state index in [0.29, 0.717) is 6.54 Å². The van der Waals surface area contributed by atoms with Crippen LogP contribution in [0.15, 0.2) is 24.3 Å². The van der Waals surface area contributed by atoms with Crippen LogP contribution in [0.1, 0.15) is 48.5 Å². The second-order valence-corrected chi connectivity index (χ2v) is 9.67. The molecule has 0 radical (unpaired) electrons. The van der Waals surface area contributed by atoms with E-state index in [1.807, 2.05) is 6.92 Å². The summed E-state index contributed by atoms with van der Waals surface area (Å²) in [6, 6.07) is 4.91. The van der Waals surface area contributed by atoms with Crippen molar-refractivity contribution in [2.75, 3.05) is 19.7 Å². The smallest absolute Gasteiger partial charge is 0.407 e. The topological polar surface area (TPSA) is 192 Å². The summed E-state index contributed by atoms with van der Waals surface area (Å²) >= 11 is 0. The zero-order valence-electron chi connectivity index (χ0n) is 21.0. The van der Waals surface area contributed by atoms with Gasteiger partial charge in [-0.3, -0.25) is 10.8 Å². The van der Waals surface area contributed by atoms with Crippen molar-refractivity contribution in [1.29, 1.82) is 10.8 Å². The molecule has 1 spiro atoms. The summed E-state index contributed by atoms with van der Waals surface area (Å²) in [5.74, 6) is -3.87. The molecule has 3 saturated heterocycles. The summed E-state index contributed by atoms with van der Waals surface area (Å²) < 4.78 is 10.8. The molecule has 0 aromatic heterocycles. The van der Waals surface area contributed by atoms with Gasteiger partial charge in [-0.25, -0.2) is 9.59 Å². The Morgan fingerprint density at radius 3 is 2.59 bits per heavy atom. The second kappa shape index (κ2) is 10.4. The van der Waals surface area contributed by atoms with Gasteiger partial charge in [-0.05, 0) is 25.5 Å². The van der Waals surface area contributed by atoms with E-state index in [1.54, 1.807) is 24.3 Å². The molecule has 3 heterocycles. The summed E-state index contributed by atoms with van der Waals surface area (Å²) in [7, 11) is 0. The maximum absolute atomic E-state index is 12.8. The predicted molar refractivity (Wildman–Crippen MR) is 133 cm³/mol. The molecule has 3 aliphatic heterocycles. The van der Waals surface area contributed by atoms with Crippen molar-refractivity contribution in [3.8, 4) is 0 Å². The Labute approximate surface area is 214 Å². The van der Waals surface area contributed by atoms with Crippen molar-refractivity contribution < 1.29 is 29.3 Å². The molecule has 4 atom stereocenters. The molecule has 1 aromatic rings. The minimum Gasteiger partial charge on any atom is -0.451 e. The number of guanidine groups is 2.